The van der Waals surface area contributed by atoms with Crippen molar-refractivity contribution in [1.29, 1.82) is 0 Å². The fraction of sp³-hybridized carbons (Fsp3) is 0.706. The fourth-order valence-electron chi connectivity index (χ4n) is 3.78. The zero-order valence-corrected chi connectivity index (χ0v) is 14.7. The van der Waals surface area contributed by atoms with Crippen molar-refractivity contribution in [3.05, 3.63) is 11.9 Å². The number of amides is 1. The number of hydrogen-bond donors (Lipinski definition) is 0. The molecule has 0 unspecified atom stereocenters. The molecule has 0 N–H and O–H groups in total. The maximum Gasteiger partial charge on any atom is 0.209 e. The van der Waals surface area contributed by atoms with Crippen LogP contribution in [0.3, 0.4) is 0 Å². The molecule has 4 rings (SSSR count). The molecule has 8 nitrogen and oxygen atoms in total. The van der Waals surface area contributed by atoms with E-state index in [1.54, 1.807) is 4.90 Å². The van der Waals surface area contributed by atoms with Gasteiger partial charge in [0.2, 0.25) is 6.41 Å². The van der Waals surface area contributed by atoms with Crippen LogP contribution in [0.25, 0.3) is 0 Å². The Balaban J connectivity index is 1.46. The summed E-state index contributed by atoms with van der Waals surface area (Å²) in [5, 5.41) is 0. The summed E-state index contributed by atoms with van der Waals surface area (Å²) in [5.74, 6) is 2.32. The lowest BCUT2D eigenvalue weighted by molar-refractivity contribution is -0.169. The molecule has 0 atom stereocenters. The van der Waals surface area contributed by atoms with Gasteiger partial charge in [0.1, 0.15) is 17.5 Å². The number of nitrogens with zero attached hydrogens (tertiary/aromatic N) is 5. The van der Waals surface area contributed by atoms with Gasteiger partial charge in [0.25, 0.3) is 0 Å². The minimum absolute atomic E-state index is 0.368. The first-order valence-corrected chi connectivity index (χ1v) is 9.00. The molecule has 0 radical (unpaired) electrons. The summed E-state index contributed by atoms with van der Waals surface area (Å²) >= 11 is 0. The zero-order valence-electron chi connectivity index (χ0n) is 14.7. The highest BCUT2D eigenvalue weighted by atomic mass is 16.7. The van der Waals surface area contributed by atoms with Crippen molar-refractivity contribution in [2.24, 2.45) is 0 Å². The molecule has 4 heterocycles. The average molecular weight is 347 g/mol. The van der Waals surface area contributed by atoms with Gasteiger partial charge in [0.05, 0.1) is 13.2 Å². The van der Waals surface area contributed by atoms with E-state index in [0.717, 1.165) is 76.0 Å². The number of rotatable bonds is 3. The number of carbonyl (C=O) groups is 1. The van der Waals surface area contributed by atoms with E-state index in [-0.39, 0.29) is 5.79 Å². The Bertz CT molecular complexity index is 617. The van der Waals surface area contributed by atoms with Crippen LogP contribution in [-0.2, 0) is 14.3 Å². The van der Waals surface area contributed by atoms with Crippen molar-refractivity contribution >= 4 is 18.0 Å². The van der Waals surface area contributed by atoms with Crippen molar-refractivity contribution in [2.45, 2.75) is 25.6 Å². The minimum Gasteiger partial charge on any atom is -0.356 e. The molecular weight excluding hydrogens is 322 g/mol. The Hall–Kier alpha value is -1.93. The van der Waals surface area contributed by atoms with E-state index in [1.165, 1.54) is 0 Å². The Morgan fingerprint density at radius 1 is 0.960 bits per heavy atom. The van der Waals surface area contributed by atoms with Gasteiger partial charge in [-0.25, -0.2) is 9.97 Å². The van der Waals surface area contributed by atoms with Gasteiger partial charge < -0.3 is 24.2 Å². The summed E-state index contributed by atoms with van der Waals surface area (Å²) in [6, 6.07) is 2.07. The van der Waals surface area contributed by atoms with Crippen molar-refractivity contribution < 1.29 is 14.3 Å². The number of anilines is 2. The summed E-state index contributed by atoms with van der Waals surface area (Å²) in [6.45, 7) is 8.16. The summed E-state index contributed by atoms with van der Waals surface area (Å²) in [6.07, 6.45) is 2.65. The van der Waals surface area contributed by atoms with Crippen LogP contribution in [0.2, 0.25) is 0 Å². The molecule has 1 aromatic heterocycles. The van der Waals surface area contributed by atoms with Gasteiger partial charge in [-0.2, -0.15) is 0 Å². The molecule has 25 heavy (non-hydrogen) atoms. The Morgan fingerprint density at radius 3 is 2.08 bits per heavy atom. The van der Waals surface area contributed by atoms with E-state index >= 15 is 0 Å². The molecule has 0 bridgehead atoms. The maximum absolute atomic E-state index is 10.9. The number of aryl methyl sites for hydroxylation is 1. The quantitative estimate of drug-likeness (QED) is 0.733. The molecule has 3 saturated heterocycles. The number of carbonyl (C=O) groups excluding carboxylic acids is 1. The zero-order chi connectivity index (χ0) is 17.3. The largest absolute Gasteiger partial charge is 0.356 e. The monoisotopic (exact) mass is 347 g/mol. The van der Waals surface area contributed by atoms with E-state index in [9.17, 15) is 4.79 Å². The van der Waals surface area contributed by atoms with E-state index in [4.69, 9.17) is 9.47 Å². The molecule has 8 heteroatoms. The number of piperazine rings is 1. The smallest absolute Gasteiger partial charge is 0.209 e. The molecule has 3 aliphatic heterocycles. The van der Waals surface area contributed by atoms with Crippen molar-refractivity contribution in [3.63, 3.8) is 0 Å². The first-order valence-electron chi connectivity index (χ1n) is 9.00. The van der Waals surface area contributed by atoms with Crippen molar-refractivity contribution in [2.75, 3.05) is 62.3 Å². The van der Waals surface area contributed by atoms with Crippen LogP contribution in [-0.4, -0.2) is 79.5 Å². The number of piperidine rings is 1. The summed E-state index contributed by atoms with van der Waals surface area (Å²) in [4.78, 5) is 26.4. The molecule has 136 valence electrons. The normalized spacial score (nSPS) is 23.3. The Morgan fingerprint density at radius 2 is 1.52 bits per heavy atom. The highest BCUT2D eigenvalue weighted by Crippen LogP contribution is 2.33. The third kappa shape index (κ3) is 3.41. The molecule has 0 aliphatic carbocycles. The van der Waals surface area contributed by atoms with Crippen LogP contribution >= 0.6 is 0 Å². The molecule has 1 aromatic rings. The van der Waals surface area contributed by atoms with E-state index < -0.39 is 0 Å². The molecule has 0 saturated carbocycles. The number of ether oxygens (including phenoxy) is 2. The standard InChI is InChI=1S/C17H25N5O3/c1-14-18-15(21-4-2-17(3-5-21)24-10-11-25-17)12-16(19-14)22-8-6-20(13-23)7-9-22/h12-13H,2-11H2,1H3. The molecule has 3 aliphatic rings. The summed E-state index contributed by atoms with van der Waals surface area (Å²) in [5.41, 5.74) is 0. The van der Waals surface area contributed by atoms with Crippen LogP contribution in [0, 0.1) is 6.92 Å². The lowest BCUT2D eigenvalue weighted by atomic mass is 10.0. The van der Waals surface area contributed by atoms with Gasteiger partial charge in [-0.1, -0.05) is 0 Å². The number of aromatic nitrogens is 2. The van der Waals surface area contributed by atoms with Gasteiger partial charge in [-0.3, -0.25) is 4.79 Å². The number of hydrogen-bond acceptors (Lipinski definition) is 7. The average Bonchev–Trinajstić information content (AvgIpc) is 3.10. The van der Waals surface area contributed by atoms with E-state index in [1.807, 2.05) is 6.92 Å². The van der Waals surface area contributed by atoms with Crippen LogP contribution < -0.4 is 9.80 Å². The van der Waals surface area contributed by atoms with Gasteiger partial charge in [0.15, 0.2) is 5.79 Å². The third-order valence-corrected chi connectivity index (χ3v) is 5.26. The second-order valence-corrected chi connectivity index (χ2v) is 6.85. The third-order valence-electron chi connectivity index (χ3n) is 5.26. The van der Waals surface area contributed by atoms with Crippen LogP contribution in [0.15, 0.2) is 6.07 Å². The molecule has 1 spiro atoms. The lowest BCUT2D eigenvalue weighted by Crippen LogP contribution is -2.47. The predicted octanol–water partition coefficient (Wildman–Crippen LogP) is 0.407. The predicted molar refractivity (Wildman–Crippen MR) is 92.7 cm³/mol. The summed E-state index contributed by atoms with van der Waals surface area (Å²) in [7, 11) is 0. The minimum atomic E-state index is -0.368. The SMILES string of the molecule is Cc1nc(N2CCN(C=O)CC2)cc(N2CCC3(CC2)OCCO3)n1. The second-order valence-electron chi connectivity index (χ2n) is 6.85. The highest BCUT2D eigenvalue weighted by Gasteiger charge is 2.40. The molecular formula is C17H25N5O3. The van der Waals surface area contributed by atoms with Crippen molar-refractivity contribution in [1.82, 2.24) is 14.9 Å². The second kappa shape index (κ2) is 6.76. The van der Waals surface area contributed by atoms with Gasteiger partial charge in [-0.05, 0) is 6.92 Å². The van der Waals surface area contributed by atoms with Crippen molar-refractivity contribution in [3.8, 4) is 0 Å². The van der Waals surface area contributed by atoms with Crippen LogP contribution in [0.5, 0.6) is 0 Å². The van der Waals surface area contributed by atoms with E-state index in [2.05, 4.69) is 25.8 Å². The first-order chi connectivity index (χ1) is 12.2. The first kappa shape index (κ1) is 16.5. The lowest BCUT2D eigenvalue weighted by Gasteiger charge is -2.38. The van der Waals surface area contributed by atoms with E-state index in [0.29, 0.717) is 13.2 Å². The summed E-state index contributed by atoms with van der Waals surface area (Å²) < 4.78 is 11.6. The van der Waals surface area contributed by atoms with Crippen LogP contribution in [0.1, 0.15) is 18.7 Å². The van der Waals surface area contributed by atoms with Gasteiger partial charge in [-0.15, -0.1) is 0 Å². The Kier molecular flexibility index (Phi) is 4.47. The van der Waals surface area contributed by atoms with Gasteiger partial charge >= 0.3 is 0 Å². The molecule has 1 amide bonds. The molecule has 3 fully saturated rings. The topological polar surface area (TPSA) is 71.0 Å². The van der Waals surface area contributed by atoms with Gasteiger partial charge in [0, 0.05) is 58.2 Å². The van der Waals surface area contributed by atoms with Crippen LogP contribution in [0.4, 0.5) is 11.6 Å². The Labute approximate surface area is 147 Å². The maximum atomic E-state index is 10.9. The molecule has 0 aromatic carbocycles. The fourth-order valence-corrected chi connectivity index (χ4v) is 3.78. The highest BCUT2D eigenvalue weighted by molar-refractivity contribution is 5.53.